The van der Waals surface area contributed by atoms with Crippen LogP contribution in [0.2, 0.25) is 5.02 Å². The van der Waals surface area contributed by atoms with E-state index in [1.165, 1.54) is 0 Å². The zero-order valence-corrected chi connectivity index (χ0v) is 11.9. The van der Waals surface area contributed by atoms with Gasteiger partial charge in [-0.15, -0.1) is 0 Å². The van der Waals surface area contributed by atoms with Crippen molar-refractivity contribution in [2.45, 2.75) is 0 Å². The molecule has 4 nitrogen and oxygen atoms in total. The number of halogens is 1. The summed E-state index contributed by atoms with van der Waals surface area (Å²) in [5.74, 6) is 0.829. The second-order valence-corrected chi connectivity index (χ2v) is 4.94. The molecule has 1 aromatic rings. The third-order valence-corrected chi connectivity index (χ3v) is 3.32. The van der Waals surface area contributed by atoms with Gasteiger partial charge in [-0.1, -0.05) is 11.6 Å². The van der Waals surface area contributed by atoms with E-state index in [0.29, 0.717) is 13.2 Å². The summed E-state index contributed by atoms with van der Waals surface area (Å²) in [6, 6.07) is 7.37. The fourth-order valence-corrected chi connectivity index (χ4v) is 2.11. The molecule has 2 rings (SSSR count). The largest absolute Gasteiger partial charge is 0.491 e. The molecular formula is C14H21ClN2O2. The molecule has 1 fully saturated rings. The van der Waals surface area contributed by atoms with Gasteiger partial charge in [-0.2, -0.15) is 0 Å². The Bertz CT molecular complexity index is 353. The molecule has 0 spiro atoms. The minimum absolute atomic E-state index is 0.573. The maximum atomic E-state index is 5.80. The predicted octanol–water partition coefficient (Wildman–Crippen LogP) is 1.64. The third-order valence-electron chi connectivity index (χ3n) is 3.07. The first-order chi connectivity index (χ1) is 9.34. The van der Waals surface area contributed by atoms with E-state index in [2.05, 4.69) is 10.2 Å². The zero-order valence-electron chi connectivity index (χ0n) is 11.1. The van der Waals surface area contributed by atoms with Crippen LogP contribution in [0, 0.1) is 0 Å². The molecule has 1 heterocycles. The SMILES string of the molecule is Clc1ccc(OCCOCCN2CCNCC2)cc1. The number of nitrogens with zero attached hydrogens (tertiary/aromatic N) is 1. The average Bonchev–Trinajstić information content (AvgIpc) is 2.46. The summed E-state index contributed by atoms with van der Waals surface area (Å²) >= 11 is 5.80. The summed E-state index contributed by atoms with van der Waals surface area (Å²) in [5.41, 5.74) is 0. The Balaban J connectivity index is 1.49. The number of piperazine rings is 1. The Morgan fingerprint density at radius 2 is 1.79 bits per heavy atom. The van der Waals surface area contributed by atoms with Crippen LogP contribution in [-0.2, 0) is 4.74 Å². The standard InChI is InChI=1S/C14H21ClN2O2/c15-13-1-3-14(4-2-13)19-12-11-18-10-9-17-7-5-16-6-8-17/h1-4,16H,5-12H2. The summed E-state index contributed by atoms with van der Waals surface area (Å²) < 4.78 is 11.1. The minimum atomic E-state index is 0.573. The van der Waals surface area contributed by atoms with Crippen LogP contribution in [-0.4, -0.2) is 57.4 Å². The predicted molar refractivity (Wildman–Crippen MR) is 77.1 cm³/mol. The van der Waals surface area contributed by atoms with Crippen LogP contribution in [0.25, 0.3) is 0 Å². The Kier molecular flexibility index (Phi) is 6.44. The number of hydrogen-bond acceptors (Lipinski definition) is 4. The van der Waals surface area contributed by atoms with Crippen LogP contribution < -0.4 is 10.1 Å². The summed E-state index contributed by atoms with van der Waals surface area (Å²) in [7, 11) is 0. The van der Waals surface area contributed by atoms with Crippen molar-refractivity contribution in [3.8, 4) is 5.75 Å². The van der Waals surface area contributed by atoms with Crippen molar-refractivity contribution in [3.63, 3.8) is 0 Å². The van der Waals surface area contributed by atoms with Gasteiger partial charge in [0.1, 0.15) is 12.4 Å². The number of ether oxygens (including phenoxy) is 2. The lowest BCUT2D eigenvalue weighted by Gasteiger charge is -2.26. The Morgan fingerprint density at radius 1 is 1.05 bits per heavy atom. The van der Waals surface area contributed by atoms with Gasteiger partial charge in [0.05, 0.1) is 13.2 Å². The Hall–Kier alpha value is -0.810. The van der Waals surface area contributed by atoms with Crippen LogP contribution >= 0.6 is 11.6 Å². The van der Waals surface area contributed by atoms with Crippen molar-refractivity contribution in [2.75, 3.05) is 52.5 Å². The van der Waals surface area contributed by atoms with E-state index in [0.717, 1.165) is 50.1 Å². The second kappa shape index (κ2) is 8.38. The average molecular weight is 285 g/mol. The molecule has 0 radical (unpaired) electrons. The lowest BCUT2D eigenvalue weighted by molar-refractivity contribution is 0.0767. The van der Waals surface area contributed by atoms with Gasteiger partial charge in [0, 0.05) is 37.7 Å². The van der Waals surface area contributed by atoms with E-state index in [4.69, 9.17) is 21.1 Å². The molecular weight excluding hydrogens is 264 g/mol. The molecule has 1 saturated heterocycles. The molecule has 0 unspecified atom stereocenters. The molecule has 0 aliphatic carbocycles. The summed E-state index contributed by atoms with van der Waals surface area (Å²) in [6.07, 6.45) is 0. The minimum Gasteiger partial charge on any atom is -0.491 e. The fourth-order valence-electron chi connectivity index (χ4n) is 1.98. The monoisotopic (exact) mass is 284 g/mol. The van der Waals surface area contributed by atoms with Crippen LogP contribution in [0.3, 0.4) is 0 Å². The van der Waals surface area contributed by atoms with E-state index in [9.17, 15) is 0 Å². The number of rotatable bonds is 7. The second-order valence-electron chi connectivity index (χ2n) is 4.51. The molecule has 1 aromatic carbocycles. The first-order valence-electron chi connectivity index (χ1n) is 6.74. The van der Waals surface area contributed by atoms with Gasteiger partial charge < -0.3 is 14.8 Å². The highest BCUT2D eigenvalue weighted by Gasteiger charge is 2.08. The van der Waals surface area contributed by atoms with E-state index in [1.54, 1.807) is 0 Å². The van der Waals surface area contributed by atoms with E-state index in [1.807, 2.05) is 24.3 Å². The third kappa shape index (κ3) is 5.78. The molecule has 0 atom stereocenters. The van der Waals surface area contributed by atoms with Gasteiger partial charge in [-0.3, -0.25) is 4.90 Å². The van der Waals surface area contributed by atoms with Crippen LogP contribution in [0.4, 0.5) is 0 Å². The number of hydrogen-bond donors (Lipinski definition) is 1. The molecule has 106 valence electrons. The molecule has 1 aliphatic heterocycles. The fraction of sp³-hybridized carbons (Fsp3) is 0.571. The lowest BCUT2D eigenvalue weighted by Crippen LogP contribution is -2.44. The van der Waals surface area contributed by atoms with Gasteiger partial charge in [0.25, 0.3) is 0 Å². The quantitative estimate of drug-likeness (QED) is 0.772. The lowest BCUT2D eigenvalue weighted by atomic mass is 10.3. The summed E-state index contributed by atoms with van der Waals surface area (Å²) in [5, 5.41) is 4.06. The smallest absolute Gasteiger partial charge is 0.119 e. The highest BCUT2D eigenvalue weighted by molar-refractivity contribution is 6.30. The first kappa shape index (κ1) is 14.6. The van der Waals surface area contributed by atoms with Gasteiger partial charge in [0.15, 0.2) is 0 Å². The van der Waals surface area contributed by atoms with Gasteiger partial charge in [-0.05, 0) is 24.3 Å². The molecule has 0 saturated carbocycles. The molecule has 1 N–H and O–H groups in total. The maximum absolute atomic E-state index is 5.80. The van der Waals surface area contributed by atoms with E-state index in [-0.39, 0.29) is 0 Å². The highest BCUT2D eigenvalue weighted by Crippen LogP contribution is 2.15. The first-order valence-corrected chi connectivity index (χ1v) is 7.11. The van der Waals surface area contributed by atoms with Crippen molar-refractivity contribution in [2.24, 2.45) is 0 Å². The Labute approximate surface area is 119 Å². The van der Waals surface area contributed by atoms with Gasteiger partial charge in [0.2, 0.25) is 0 Å². The van der Waals surface area contributed by atoms with Gasteiger partial charge in [-0.25, -0.2) is 0 Å². The van der Waals surface area contributed by atoms with Crippen molar-refractivity contribution in [1.29, 1.82) is 0 Å². The number of nitrogens with one attached hydrogen (secondary N) is 1. The zero-order chi connectivity index (χ0) is 13.3. The molecule has 0 bridgehead atoms. The molecule has 0 aromatic heterocycles. The number of benzene rings is 1. The summed E-state index contributed by atoms with van der Waals surface area (Å²) in [6.45, 7) is 7.36. The normalized spacial score (nSPS) is 16.5. The van der Waals surface area contributed by atoms with Crippen molar-refractivity contribution in [3.05, 3.63) is 29.3 Å². The van der Waals surface area contributed by atoms with Gasteiger partial charge >= 0.3 is 0 Å². The molecule has 0 amide bonds. The van der Waals surface area contributed by atoms with E-state index >= 15 is 0 Å². The van der Waals surface area contributed by atoms with Crippen molar-refractivity contribution < 1.29 is 9.47 Å². The summed E-state index contributed by atoms with van der Waals surface area (Å²) in [4.78, 5) is 2.41. The molecule has 1 aliphatic rings. The van der Waals surface area contributed by atoms with Crippen LogP contribution in [0.1, 0.15) is 0 Å². The van der Waals surface area contributed by atoms with Crippen LogP contribution in [0.15, 0.2) is 24.3 Å². The highest BCUT2D eigenvalue weighted by atomic mass is 35.5. The van der Waals surface area contributed by atoms with E-state index < -0.39 is 0 Å². The van der Waals surface area contributed by atoms with Crippen molar-refractivity contribution >= 4 is 11.6 Å². The maximum Gasteiger partial charge on any atom is 0.119 e. The molecule has 19 heavy (non-hydrogen) atoms. The van der Waals surface area contributed by atoms with Crippen molar-refractivity contribution in [1.82, 2.24) is 10.2 Å². The topological polar surface area (TPSA) is 33.7 Å². The van der Waals surface area contributed by atoms with Crippen LogP contribution in [0.5, 0.6) is 5.75 Å². The Morgan fingerprint density at radius 3 is 2.53 bits per heavy atom. The molecule has 5 heteroatoms.